The Labute approximate surface area is 82.4 Å². The van der Waals surface area contributed by atoms with Crippen LogP contribution in [0.15, 0.2) is 5.38 Å². The van der Waals surface area contributed by atoms with Crippen molar-refractivity contribution in [1.82, 2.24) is 0 Å². The Balaban J connectivity index is 2.06. The molecular weight excluding hydrogens is 180 g/mol. The van der Waals surface area contributed by atoms with E-state index in [4.69, 9.17) is 0 Å². The van der Waals surface area contributed by atoms with Gasteiger partial charge in [0.15, 0.2) is 0 Å². The van der Waals surface area contributed by atoms with E-state index in [1.165, 1.54) is 36.8 Å². The highest BCUT2D eigenvalue weighted by atomic mass is 32.1. The summed E-state index contributed by atoms with van der Waals surface area (Å²) in [6, 6.07) is 0. The molecule has 1 saturated carbocycles. The minimum atomic E-state index is -0.401. The summed E-state index contributed by atoms with van der Waals surface area (Å²) in [6.07, 6.45) is 7.07. The zero-order valence-corrected chi connectivity index (χ0v) is 8.49. The second kappa shape index (κ2) is 2.58. The Bertz CT molecular complexity index is 336. The lowest BCUT2D eigenvalue weighted by atomic mass is 9.93. The molecule has 0 bridgehead atoms. The molecule has 0 radical (unpaired) electrons. The topological polar surface area (TPSA) is 20.2 Å². The van der Waals surface area contributed by atoms with Crippen LogP contribution in [0.2, 0.25) is 0 Å². The van der Waals surface area contributed by atoms with Crippen molar-refractivity contribution in [3.8, 4) is 0 Å². The molecular formula is C11H14OS. The van der Waals surface area contributed by atoms with Gasteiger partial charge in [-0.15, -0.1) is 11.3 Å². The summed E-state index contributed by atoms with van der Waals surface area (Å²) in [5, 5.41) is 12.2. The van der Waals surface area contributed by atoms with Crippen LogP contribution in [0.5, 0.6) is 0 Å². The van der Waals surface area contributed by atoms with Crippen LogP contribution in [-0.2, 0) is 18.4 Å². The van der Waals surface area contributed by atoms with Gasteiger partial charge in [-0.1, -0.05) is 0 Å². The van der Waals surface area contributed by atoms with Crippen LogP contribution in [0, 0.1) is 0 Å². The molecule has 1 heterocycles. The zero-order chi connectivity index (χ0) is 8.89. The van der Waals surface area contributed by atoms with Gasteiger partial charge in [-0.05, 0) is 55.0 Å². The van der Waals surface area contributed by atoms with E-state index in [0.717, 1.165) is 12.8 Å². The van der Waals surface area contributed by atoms with Crippen LogP contribution >= 0.6 is 11.3 Å². The van der Waals surface area contributed by atoms with Crippen LogP contribution in [0.1, 0.15) is 41.7 Å². The second-order valence-corrected chi connectivity index (χ2v) is 5.25. The summed E-state index contributed by atoms with van der Waals surface area (Å²) in [4.78, 5) is 1.54. The van der Waals surface area contributed by atoms with Crippen molar-refractivity contribution in [2.24, 2.45) is 0 Å². The van der Waals surface area contributed by atoms with E-state index in [1.807, 2.05) is 11.3 Å². The number of aliphatic hydroxyl groups is 1. The lowest BCUT2D eigenvalue weighted by molar-refractivity contribution is 0.150. The molecule has 0 unspecified atom stereocenters. The highest BCUT2D eigenvalue weighted by Crippen LogP contribution is 2.49. The standard InChI is InChI=1S/C11H14OS/c12-11(5-6-11)9-7-13-10-4-2-1-3-8(9)10/h7,12H,1-6H2. The van der Waals surface area contributed by atoms with Gasteiger partial charge in [0.1, 0.15) is 0 Å². The molecule has 0 saturated heterocycles. The van der Waals surface area contributed by atoms with Crippen molar-refractivity contribution in [2.75, 3.05) is 0 Å². The second-order valence-electron chi connectivity index (χ2n) is 4.29. The molecule has 1 N–H and O–H groups in total. The lowest BCUT2D eigenvalue weighted by Crippen LogP contribution is -2.09. The van der Waals surface area contributed by atoms with Gasteiger partial charge in [-0.25, -0.2) is 0 Å². The molecule has 2 aliphatic carbocycles. The van der Waals surface area contributed by atoms with Gasteiger partial charge in [0.25, 0.3) is 0 Å². The van der Waals surface area contributed by atoms with Gasteiger partial charge < -0.3 is 5.11 Å². The van der Waals surface area contributed by atoms with Gasteiger partial charge in [-0.2, -0.15) is 0 Å². The molecule has 13 heavy (non-hydrogen) atoms. The van der Waals surface area contributed by atoms with E-state index in [0.29, 0.717) is 0 Å². The van der Waals surface area contributed by atoms with Crippen LogP contribution in [0.3, 0.4) is 0 Å². The largest absolute Gasteiger partial charge is 0.385 e. The predicted molar refractivity (Wildman–Crippen MR) is 54.1 cm³/mol. The quantitative estimate of drug-likeness (QED) is 0.728. The molecule has 1 fully saturated rings. The van der Waals surface area contributed by atoms with E-state index in [1.54, 1.807) is 4.88 Å². The van der Waals surface area contributed by atoms with Crippen LogP contribution < -0.4 is 0 Å². The van der Waals surface area contributed by atoms with E-state index < -0.39 is 5.60 Å². The first-order chi connectivity index (χ1) is 6.30. The Kier molecular flexibility index (Phi) is 1.59. The fourth-order valence-electron chi connectivity index (χ4n) is 2.27. The highest BCUT2D eigenvalue weighted by molar-refractivity contribution is 7.10. The number of hydrogen-bond donors (Lipinski definition) is 1. The third-order valence-corrected chi connectivity index (χ3v) is 4.37. The SMILES string of the molecule is OC1(c2csc3c2CCCC3)CC1. The first-order valence-electron chi connectivity index (χ1n) is 5.12. The van der Waals surface area contributed by atoms with Crippen molar-refractivity contribution < 1.29 is 5.11 Å². The number of thiophene rings is 1. The predicted octanol–water partition coefficient (Wildman–Crippen LogP) is 2.61. The molecule has 2 heteroatoms. The Morgan fingerprint density at radius 1 is 1.23 bits per heavy atom. The summed E-state index contributed by atoms with van der Waals surface area (Å²) >= 11 is 1.86. The summed E-state index contributed by atoms with van der Waals surface area (Å²) < 4.78 is 0. The van der Waals surface area contributed by atoms with Gasteiger partial charge in [0.05, 0.1) is 5.60 Å². The van der Waals surface area contributed by atoms with E-state index in [2.05, 4.69) is 5.38 Å². The highest BCUT2D eigenvalue weighted by Gasteiger charge is 2.44. The lowest BCUT2D eigenvalue weighted by Gasteiger charge is -2.15. The number of aryl methyl sites for hydroxylation is 1. The Morgan fingerprint density at radius 2 is 2.00 bits per heavy atom. The Morgan fingerprint density at radius 3 is 2.77 bits per heavy atom. The summed E-state index contributed by atoms with van der Waals surface area (Å²) in [5.74, 6) is 0. The van der Waals surface area contributed by atoms with Gasteiger partial charge in [0, 0.05) is 4.88 Å². The average Bonchev–Trinajstić information content (AvgIpc) is 2.76. The van der Waals surface area contributed by atoms with Gasteiger partial charge in [0.2, 0.25) is 0 Å². The third kappa shape index (κ3) is 1.16. The van der Waals surface area contributed by atoms with Crippen molar-refractivity contribution in [3.63, 3.8) is 0 Å². The molecule has 1 aromatic rings. The average molecular weight is 194 g/mol. The first kappa shape index (κ1) is 8.01. The minimum Gasteiger partial charge on any atom is -0.385 e. The van der Waals surface area contributed by atoms with Gasteiger partial charge in [-0.3, -0.25) is 0 Å². The Hall–Kier alpha value is -0.340. The van der Waals surface area contributed by atoms with E-state index in [-0.39, 0.29) is 0 Å². The van der Waals surface area contributed by atoms with E-state index in [9.17, 15) is 5.11 Å². The first-order valence-corrected chi connectivity index (χ1v) is 6.00. The fourth-order valence-corrected chi connectivity index (χ4v) is 3.51. The maximum atomic E-state index is 10.1. The maximum Gasteiger partial charge on any atom is 0.0909 e. The molecule has 0 amide bonds. The van der Waals surface area contributed by atoms with Gasteiger partial charge >= 0.3 is 0 Å². The summed E-state index contributed by atoms with van der Waals surface area (Å²) in [5.41, 5.74) is 2.37. The number of rotatable bonds is 1. The molecule has 2 aliphatic rings. The third-order valence-electron chi connectivity index (χ3n) is 3.29. The number of hydrogen-bond acceptors (Lipinski definition) is 2. The minimum absolute atomic E-state index is 0.401. The smallest absolute Gasteiger partial charge is 0.0909 e. The normalized spacial score (nSPS) is 24.1. The van der Waals surface area contributed by atoms with Crippen LogP contribution in [-0.4, -0.2) is 5.11 Å². The fraction of sp³-hybridized carbons (Fsp3) is 0.636. The molecule has 0 aliphatic heterocycles. The monoisotopic (exact) mass is 194 g/mol. The summed E-state index contributed by atoms with van der Waals surface area (Å²) in [6.45, 7) is 0. The zero-order valence-electron chi connectivity index (χ0n) is 7.68. The maximum absolute atomic E-state index is 10.1. The molecule has 1 nitrogen and oxygen atoms in total. The summed E-state index contributed by atoms with van der Waals surface area (Å²) in [7, 11) is 0. The molecule has 0 aromatic carbocycles. The van der Waals surface area contributed by atoms with Crippen molar-refractivity contribution >= 4 is 11.3 Å². The van der Waals surface area contributed by atoms with Crippen molar-refractivity contribution in [1.29, 1.82) is 0 Å². The molecule has 3 rings (SSSR count). The van der Waals surface area contributed by atoms with Crippen molar-refractivity contribution in [2.45, 2.75) is 44.1 Å². The van der Waals surface area contributed by atoms with Crippen LogP contribution in [0.25, 0.3) is 0 Å². The molecule has 0 atom stereocenters. The van der Waals surface area contributed by atoms with E-state index >= 15 is 0 Å². The molecule has 1 aromatic heterocycles. The molecule has 70 valence electrons. The van der Waals surface area contributed by atoms with Crippen molar-refractivity contribution in [3.05, 3.63) is 21.4 Å². The van der Waals surface area contributed by atoms with Crippen LogP contribution in [0.4, 0.5) is 0 Å². The number of fused-ring (bicyclic) bond motifs is 1. The molecule has 0 spiro atoms.